The summed E-state index contributed by atoms with van der Waals surface area (Å²) in [5.74, 6) is 1.17. The number of rotatable bonds is 5. The van der Waals surface area contributed by atoms with Crippen molar-refractivity contribution < 1.29 is 14.3 Å². The molecule has 3 rings (SSSR count). The summed E-state index contributed by atoms with van der Waals surface area (Å²) in [5, 5.41) is 11.6. The Morgan fingerprint density at radius 1 is 1.42 bits per heavy atom. The maximum Gasteiger partial charge on any atom is 0.412 e. The fourth-order valence-electron chi connectivity index (χ4n) is 3.65. The standard InChI is InChI=1S/C20H27N3O3/c1-20(2)14-15-6-5-7-17(18(15)26-20)25-19(24)22-16-8-12-23(13-9-16)11-4-3-10-21/h5-7,16H,3-4,8-9,11-14H2,1-2H3,(H,22,24). The van der Waals surface area contributed by atoms with Gasteiger partial charge in [-0.3, -0.25) is 0 Å². The van der Waals surface area contributed by atoms with E-state index in [-0.39, 0.29) is 11.6 Å². The molecule has 0 spiro atoms. The molecule has 1 fully saturated rings. The number of unbranched alkanes of at least 4 members (excludes halogenated alkanes) is 1. The van der Waals surface area contributed by atoms with Crippen molar-refractivity contribution >= 4 is 6.09 Å². The molecule has 6 nitrogen and oxygen atoms in total. The molecule has 1 saturated heterocycles. The average Bonchev–Trinajstić information content (AvgIpc) is 2.92. The lowest BCUT2D eigenvalue weighted by Crippen LogP contribution is -2.45. The van der Waals surface area contributed by atoms with Crippen molar-refractivity contribution in [1.82, 2.24) is 10.2 Å². The van der Waals surface area contributed by atoms with Crippen LogP contribution in [0.25, 0.3) is 0 Å². The molecule has 1 N–H and O–H groups in total. The van der Waals surface area contributed by atoms with Gasteiger partial charge in [-0.15, -0.1) is 0 Å². The van der Waals surface area contributed by atoms with Crippen molar-refractivity contribution in [2.75, 3.05) is 19.6 Å². The molecule has 1 amide bonds. The van der Waals surface area contributed by atoms with Crippen LogP contribution in [-0.4, -0.2) is 42.3 Å². The van der Waals surface area contributed by atoms with Gasteiger partial charge in [-0.1, -0.05) is 12.1 Å². The van der Waals surface area contributed by atoms with Gasteiger partial charge in [0.1, 0.15) is 5.60 Å². The maximum atomic E-state index is 12.3. The van der Waals surface area contributed by atoms with E-state index < -0.39 is 6.09 Å². The second-order valence-electron chi connectivity index (χ2n) is 7.69. The van der Waals surface area contributed by atoms with E-state index in [4.69, 9.17) is 14.7 Å². The van der Waals surface area contributed by atoms with Gasteiger partial charge in [-0.2, -0.15) is 5.26 Å². The van der Waals surface area contributed by atoms with Gasteiger partial charge in [0.2, 0.25) is 0 Å². The van der Waals surface area contributed by atoms with Gasteiger partial charge in [0.25, 0.3) is 0 Å². The summed E-state index contributed by atoms with van der Waals surface area (Å²) in [6, 6.07) is 7.99. The van der Waals surface area contributed by atoms with E-state index >= 15 is 0 Å². The third-order valence-electron chi connectivity index (χ3n) is 4.93. The highest BCUT2D eigenvalue weighted by Gasteiger charge is 2.33. The molecule has 140 valence electrons. The first-order valence-corrected chi connectivity index (χ1v) is 9.35. The fraction of sp³-hybridized carbons (Fsp3) is 0.600. The Labute approximate surface area is 155 Å². The Morgan fingerprint density at radius 3 is 2.92 bits per heavy atom. The fourth-order valence-corrected chi connectivity index (χ4v) is 3.65. The Morgan fingerprint density at radius 2 is 2.19 bits per heavy atom. The summed E-state index contributed by atoms with van der Waals surface area (Å²) in [6.07, 6.45) is 3.70. The summed E-state index contributed by atoms with van der Waals surface area (Å²) < 4.78 is 11.5. The molecule has 0 aromatic heterocycles. The second kappa shape index (κ2) is 7.96. The third kappa shape index (κ3) is 4.67. The minimum Gasteiger partial charge on any atom is -0.483 e. The number of amides is 1. The smallest absolute Gasteiger partial charge is 0.412 e. The molecule has 2 aliphatic heterocycles. The van der Waals surface area contributed by atoms with Crippen molar-refractivity contribution in [3.8, 4) is 17.6 Å². The van der Waals surface area contributed by atoms with Crippen LogP contribution in [0.1, 0.15) is 45.1 Å². The van der Waals surface area contributed by atoms with Crippen LogP contribution in [0.3, 0.4) is 0 Å². The van der Waals surface area contributed by atoms with E-state index in [1.54, 1.807) is 6.07 Å². The van der Waals surface area contributed by atoms with E-state index in [1.165, 1.54) is 0 Å². The van der Waals surface area contributed by atoms with Crippen LogP contribution in [0.2, 0.25) is 0 Å². The van der Waals surface area contributed by atoms with Crippen LogP contribution < -0.4 is 14.8 Å². The number of nitriles is 1. The SMILES string of the molecule is CC1(C)Cc2cccc(OC(=O)NC3CCN(CCCC#N)CC3)c2O1. The number of carbonyl (C=O) groups excluding carboxylic acids is 1. The molecule has 2 heterocycles. The topological polar surface area (TPSA) is 74.6 Å². The van der Waals surface area contributed by atoms with E-state index in [1.807, 2.05) is 26.0 Å². The molecule has 0 radical (unpaired) electrons. The van der Waals surface area contributed by atoms with Gasteiger partial charge in [-0.25, -0.2) is 4.79 Å². The lowest BCUT2D eigenvalue weighted by molar-refractivity contribution is 0.131. The number of fused-ring (bicyclic) bond motifs is 1. The number of hydrogen-bond acceptors (Lipinski definition) is 5. The number of hydrogen-bond donors (Lipinski definition) is 1. The molecule has 0 atom stereocenters. The number of para-hydroxylation sites is 1. The lowest BCUT2D eigenvalue weighted by atomic mass is 10.0. The van der Waals surface area contributed by atoms with Crippen LogP contribution in [0, 0.1) is 11.3 Å². The van der Waals surface area contributed by atoms with Gasteiger partial charge in [0.15, 0.2) is 11.5 Å². The number of ether oxygens (including phenoxy) is 2. The first kappa shape index (κ1) is 18.5. The first-order valence-electron chi connectivity index (χ1n) is 9.35. The number of likely N-dealkylation sites (tertiary alicyclic amines) is 1. The minimum absolute atomic E-state index is 0.129. The molecule has 0 bridgehead atoms. The molecule has 0 saturated carbocycles. The van der Waals surface area contributed by atoms with Crippen molar-refractivity contribution in [2.24, 2.45) is 0 Å². The number of benzene rings is 1. The lowest BCUT2D eigenvalue weighted by Gasteiger charge is -2.31. The zero-order chi connectivity index (χ0) is 18.6. The number of nitrogens with zero attached hydrogens (tertiary/aromatic N) is 2. The first-order chi connectivity index (χ1) is 12.5. The van der Waals surface area contributed by atoms with E-state index in [0.717, 1.165) is 50.9 Å². The number of piperidine rings is 1. The van der Waals surface area contributed by atoms with Crippen molar-refractivity contribution in [1.29, 1.82) is 5.26 Å². The highest BCUT2D eigenvalue weighted by atomic mass is 16.6. The molecular weight excluding hydrogens is 330 g/mol. The molecule has 6 heteroatoms. The van der Waals surface area contributed by atoms with Crippen LogP contribution in [0.5, 0.6) is 11.5 Å². The van der Waals surface area contributed by atoms with E-state index in [0.29, 0.717) is 17.9 Å². The molecule has 1 aromatic carbocycles. The zero-order valence-electron chi connectivity index (χ0n) is 15.6. The molecule has 0 aliphatic carbocycles. The van der Waals surface area contributed by atoms with Crippen LogP contribution in [0.15, 0.2) is 18.2 Å². The molecule has 0 unspecified atom stereocenters. The van der Waals surface area contributed by atoms with Gasteiger partial charge in [0, 0.05) is 37.5 Å². The number of nitrogens with one attached hydrogen (secondary N) is 1. The van der Waals surface area contributed by atoms with E-state index in [2.05, 4.69) is 16.3 Å². The Kier molecular flexibility index (Phi) is 5.67. The third-order valence-corrected chi connectivity index (χ3v) is 4.93. The average molecular weight is 357 g/mol. The number of carbonyl (C=O) groups is 1. The molecule has 26 heavy (non-hydrogen) atoms. The van der Waals surface area contributed by atoms with Crippen molar-refractivity contribution in [3.63, 3.8) is 0 Å². The highest BCUT2D eigenvalue weighted by molar-refractivity contribution is 5.72. The largest absolute Gasteiger partial charge is 0.483 e. The van der Waals surface area contributed by atoms with Crippen molar-refractivity contribution in [3.05, 3.63) is 23.8 Å². The normalized spacial score (nSPS) is 19.3. The van der Waals surface area contributed by atoms with Crippen LogP contribution >= 0.6 is 0 Å². The van der Waals surface area contributed by atoms with E-state index in [9.17, 15) is 4.79 Å². The van der Waals surface area contributed by atoms with Gasteiger partial charge < -0.3 is 19.7 Å². The molecule has 1 aromatic rings. The molecule has 2 aliphatic rings. The molecular formula is C20H27N3O3. The Balaban J connectivity index is 1.48. The van der Waals surface area contributed by atoms with Crippen molar-refractivity contribution in [2.45, 2.75) is 57.6 Å². The predicted molar refractivity (Wildman–Crippen MR) is 98.3 cm³/mol. The summed E-state index contributed by atoms with van der Waals surface area (Å²) in [5.41, 5.74) is 0.808. The van der Waals surface area contributed by atoms with Crippen LogP contribution in [0.4, 0.5) is 4.79 Å². The monoisotopic (exact) mass is 357 g/mol. The predicted octanol–water partition coefficient (Wildman–Crippen LogP) is 3.26. The van der Waals surface area contributed by atoms with Gasteiger partial charge in [0.05, 0.1) is 6.07 Å². The van der Waals surface area contributed by atoms with Gasteiger partial charge in [-0.05, 0) is 45.7 Å². The summed E-state index contributed by atoms with van der Waals surface area (Å²) in [6.45, 7) is 6.89. The maximum absolute atomic E-state index is 12.3. The second-order valence-corrected chi connectivity index (χ2v) is 7.69. The van der Waals surface area contributed by atoms with Crippen LogP contribution in [-0.2, 0) is 6.42 Å². The summed E-state index contributed by atoms with van der Waals surface area (Å²) in [4.78, 5) is 14.6. The van der Waals surface area contributed by atoms with Gasteiger partial charge >= 0.3 is 6.09 Å². The zero-order valence-corrected chi connectivity index (χ0v) is 15.6. The quantitative estimate of drug-likeness (QED) is 0.819. The summed E-state index contributed by atoms with van der Waals surface area (Å²) >= 11 is 0. The Hall–Kier alpha value is -2.26. The summed E-state index contributed by atoms with van der Waals surface area (Å²) in [7, 11) is 0. The Bertz CT molecular complexity index is 688. The highest BCUT2D eigenvalue weighted by Crippen LogP contribution is 2.41. The minimum atomic E-state index is -0.422.